The van der Waals surface area contributed by atoms with Crippen LogP contribution in [0.2, 0.25) is 0 Å². The summed E-state index contributed by atoms with van der Waals surface area (Å²) in [5.41, 5.74) is -0.776. The maximum atomic E-state index is 13.0. The highest BCUT2D eigenvalue weighted by atomic mass is 32.2. The lowest BCUT2D eigenvalue weighted by molar-refractivity contribution is -0.137. The highest BCUT2D eigenvalue weighted by Crippen LogP contribution is 2.31. The zero-order valence-electron chi connectivity index (χ0n) is 17.2. The number of anilines is 1. The van der Waals surface area contributed by atoms with Crippen molar-refractivity contribution in [2.24, 2.45) is 0 Å². The van der Waals surface area contributed by atoms with Crippen LogP contribution in [0, 0.1) is 0 Å². The van der Waals surface area contributed by atoms with Gasteiger partial charge in [0.05, 0.1) is 16.0 Å². The molecule has 0 aliphatic heterocycles. The third-order valence-corrected chi connectivity index (χ3v) is 5.67. The molecule has 1 unspecified atom stereocenters. The van der Waals surface area contributed by atoms with Crippen LogP contribution in [0.4, 0.5) is 18.9 Å². The van der Waals surface area contributed by atoms with Crippen molar-refractivity contribution in [3.8, 4) is 0 Å². The molecule has 0 fully saturated rings. The van der Waals surface area contributed by atoms with Crippen molar-refractivity contribution in [2.75, 3.05) is 11.6 Å². The summed E-state index contributed by atoms with van der Waals surface area (Å²) >= 11 is 0. The molecule has 0 saturated carbocycles. The number of rotatable bonds is 6. The number of esters is 1. The fourth-order valence-electron chi connectivity index (χ4n) is 2.90. The molecule has 0 bridgehead atoms. The van der Waals surface area contributed by atoms with Crippen molar-refractivity contribution in [3.63, 3.8) is 0 Å². The van der Waals surface area contributed by atoms with Crippen molar-refractivity contribution in [1.29, 1.82) is 0 Å². The number of carbonyl (C=O) groups is 2. The van der Waals surface area contributed by atoms with E-state index in [-0.39, 0.29) is 16.1 Å². The van der Waals surface area contributed by atoms with Crippen LogP contribution < -0.4 is 5.32 Å². The van der Waals surface area contributed by atoms with E-state index < -0.39 is 39.6 Å². The minimum absolute atomic E-state index is 0.000879. The van der Waals surface area contributed by atoms with Gasteiger partial charge in [-0.1, -0.05) is 36.4 Å². The number of benzene rings is 3. The van der Waals surface area contributed by atoms with E-state index in [9.17, 15) is 31.2 Å². The third-order valence-electron chi connectivity index (χ3n) is 4.54. The van der Waals surface area contributed by atoms with Gasteiger partial charge in [0.25, 0.3) is 5.91 Å². The Hall–Kier alpha value is -3.66. The summed E-state index contributed by atoms with van der Waals surface area (Å²) in [6.45, 7) is 0. The Morgan fingerprint density at radius 1 is 0.909 bits per heavy atom. The van der Waals surface area contributed by atoms with Crippen molar-refractivity contribution in [2.45, 2.75) is 17.2 Å². The minimum atomic E-state index is -4.59. The topological polar surface area (TPSA) is 89.5 Å². The van der Waals surface area contributed by atoms with Gasteiger partial charge < -0.3 is 10.1 Å². The van der Waals surface area contributed by atoms with Crippen LogP contribution in [0.5, 0.6) is 0 Å². The van der Waals surface area contributed by atoms with E-state index in [0.717, 1.165) is 24.5 Å². The molecule has 1 N–H and O–H groups in total. The molecule has 0 heterocycles. The van der Waals surface area contributed by atoms with Crippen molar-refractivity contribution < 1.29 is 35.9 Å². The number of alkyl halides is 3. The average molecular weight is 477 g/mol. The van der Waals surface area contributed by atoms with Gasteiger partial charge in [0.2, 0.25) is 6.10 Å². The van der Waals surface area contributed by atoms with Crippen LogP contribution in [0.25, 0.3) is 0 Å². The van der Waals surface area contributed by atoms with Gasteiger partial charge in [0.15, 0.2) is 9.84 Å². The van der Waals surface area contributed by atoms with E-state index in [0.29, 0.717) is 5.56 Å². The number of halogens is 3. The summed E-state index contributed by atoms with van der Waals surface area (Å²) in [5, 5.41) is 2.34. The normalized spacial score (nSPS) is 12.6. The van der Waals surface area contributed by atoms with Crippen molar-refractivity contribution in [1.82, 2.24) is 0 Å². The molecule has 0 aromatic heterocycles. The molecule has 0 aliphatic carbocycles. The van der Waals surface area contributed by atoms with Crippen molar-refractivity contribution in [3.05, 3.63) is 95.6 Å². The van der Waals surface area contributed by atoms with Crippen molar-refractivity contribution >= 4 is 27.4 Å². The molecule has 0 spiro atoms. The molecule has 10 heteroatoms. The Bertz CT molecular complexity index is 1260. The number of nitrogens with one attached hydrogen (secondary N) is 1. The summed E-state index contributed by atoms with van der Waals surface area (Å²) in [6, 6.07) is 16.9. The number of hydrogen-bond acceptors (Lipinski definition) is 5. The van der Waals surface area contributed by atoms with Crippen LogP contribution in [-0.2, 0) is 25.5 Å². The van der Waals surface area contributed by atoms with Crippen LogP contribution in [-0.4, -0.2) is 26.6 Å². The van der Waals surface area contributed by atoms with Gasteiger partial charge in [0, 0.05) is 17.5 Å². The monoisotopic (exact) mass is 477 g/mol. The van der Waals surface area contributed by atoms with Crippen LogP contribution in [0.15, 0.2) is 83.8 Å². The molecule has 33 heavy (non-hydrogen) atoms. The highest BCUT2D eigenvalue weighted by molar-refractivity contribution is 7.90. The van der Waals surface area contributed by atoms with Gasteiger partial charge in [-0.25, -0.2) is 13.2 Å². The van der Waals surface area contributed by atoms with Gasteiger partial charge in [-0.2, -0.15) is 13.2 Å². The summed E-state index contributed by atoms with van der Waals surface area (Å²) in [5.74, 6) is -1.77. The number of sulfone groups is 1. The fraction of sp³-hybridized carbons (Fsp3) is 0.130. The maximum Gasteiger partial charge on any atom is 0.416 e. The first-order valence-electron chi connectivity index (χ1n) is 9.49. The molecule has 172 valence electrons. The molecule has 6 nitrogen and oxygen atoms in total. The van der Waals surface area contributed by atoms with E-state index in [4.69, 9.17) is 4.74 Å². The Morgan fingerprint density at radius 2 is 1.55 bits per heavy atom. The number of ether oxygens (including phenoxy) is 1. The molecule has 1 atom stereocenters. The Labute approximate surface area is 187 Å². The van der Waals surface area contributed by atoms with Gasteiger partial charge in [-0.3, -0.25) is 4.79 Å². The van der Waals surface area contributed by atoms with E-state index >= 15 is 0 Å². The fourth-order valence-corrected chi connectivity index (χ4v) is 3.53. The second-order valence-corrected chi connectivity index (χ2v) is 9.08. The Kier molecular flexibility index (Phi) is 6.87. The van der Waals surface area contributed by atoms with E-state index in [2.05, 4.69) is 5.32 Å². The molecule has 0 aliphatic rings. The van der Waals surface area contributed by atoms with E-state index in [1.165, 1.54) is 42.5 Å². The Balaban J connectivity index is 1.85. The number of amides is 1. The molecule has 0 saturated heterocycles. The van der Waals surface area contributed by atoms with Crippen LogP contribution in [0.3, 0.4) is 0 Å². The summed E-state index contributed by atoms with van der Waals surface area (Å²) < 4.78 is 67.4. The molecule has 1 amide bonds. The second kappa shape index (κ2) is 9.45. The van der Waals surface area contributed by atoms with Crippen LogP contribution in [0.1, 0.15) is 27.6 Å². The molecule has 3 aromatic rings. The minimum Gasteiger partial charge on any atom is -0.444 e. The standard InChI is InChI=1S/C23H18F3NO5S/c1-33(30,31)19-12-10-16(11-13-19)22(29)32-20(15-6-3-2-4-7-15)21(28)27-18-9-5-8-17(14-18)23(24,25)26/h2-14,20H,1H3,(H,27,28). The summed E-state index contributed by atoms with van der Waals surface area (Å²) in [6.07, 6.45) is -5.04. The SMILES string of the molecule is CS(=O)(=O)c1ccc(C(=O)OC(C(=O)Nc2cccc(C(F)(F)F)c2)c2ccccc2)cc1. The maximum absolute atomic E-state index is 13.0. The Morgan fingerprint density at radius 3 is 2.12 bits per heavy atom. The molecule has 3 aromatic carbocycles. The zero-order chi connectivity index (χ0) is 24.2. The van der Waals surface area contributed by atoms with Gasteiger partial charge >= 0.3 is 12.1 Å². The smallest absolute Gasteiger partial charge is 0.416 e. The number of carbonyl (C=O) groups excluding carboxylic acids is 2. The van der Waals surface area contributed by atoms with E-state index in [1.54, 1.807) is 18.2 Å². The molecule has 3 rings (SSSR count). The first-order valence-corrected chi connectivity index (χ1v) is 11.4. The average Bonchev–Trinajstić information content (AvgIpc) is 2.77. The lowest BCUT2D eigenvalue weighted by Gasteiger charge is -2.19. The van der Waals surface area contributed by atoms with Gasteiger partial charge in [-0.15, -0.1) is 0 Å². The highest BCUT2D eigenvalue weighted by Gasteiger charge is 2.31. The summed E-state index contributed by atoms with van der Waals surface area (Å²) in [7, 11) is -3.47. The lowest BCUT2D eigenvalue weighted by Crippen LogP contribution is -2.26. The number of hydrogen-bond donors (Lipinski definition) is 1. The van der Waals surface area contributed by atoms with Gasteiger partial charge in [0.1, 0.15) is 0 Å². The van der Waals surface area contributed by atoms with E-state index in [1.807, 2.05) is 0 Å². The second-order valence-electron chi connectivity index (χ2n) is 7.06. The molecular weight excluding hydrogens is 459 g/mol. The predicted molar refractivity (Wildman–Crippen MR) is 114 cm³/mol. The quantitative estimate of drug-likeness (QED) is 0.523. The lowest BCUT2D eigenvalue weighted by atomic mass is 10.1. The van der Waals surface area contributed by atoms with Gasteiger partial charge in [-0.05, 0) is 42.5 Å². The zero-order valence-corrected chi connectivity index (χ0v) is 18.0. The largest absolute Gasteiger partial charge is 0.444 e. The third kappa shape index (κ3) is 6.19. The first-order chi connectivity index (χ1) is 15.4. The molecule has 0 radical (unpaired) electrons. The molecular formula is C23H18F3NO5S. The summed E-state index contributed by atoms with van der Waals surface area (Å²) in [4.78, 5) is 25.5. The predicted octanol–water partition coefficient (Wildman–Crippen LogP) is 4.65. The first kappa shape index (κ1) is 24.0. The van der Waals surface area contributed by atoms with Crippen LogP contribution >= 0.6 is 0 Å².